The number of rotatable bonds is 0. The first-order valence-corrected chi connectivity index (χ1v) is 6.42. The number of aryl methyl sites for hydroxylation is 3. The van der Waals surface area contributed by atoms with Gasteiger partial charge in [0.25, 0.3) is 0 Å². The molecule has 0 aliphatic carbocycles. The lowest BCUT2D eigenvalue weighted by molar-refractivity contribution is 0.377. The molecule has 2 aromatic heterocycles. The average molecular weight is 339 g/mol. The minimum atomic E-state index is -0.414. The van der Waals surface area contributed by atoms with Gasteiger partial charge in [-0.1, -0.05) is 55.1 Å². The average Bonchev–Trinajstić information content (AvgIpc) is 2.91. The van der Waals surface area contributed by atoms with Crippen molar-refractivity contribution in [1.29, 1.82) is 0 Å². The zero-order valence-corrected chi connectivity index (χ0v) is 13.4. The molecule has 0 atom stereocenters. The minimum Gasteiger partial charge on any atom is -0.393 e. The smallest absolute Gasteiger partial charge is 0.393 e. The molecule has 0 aliphatic heterocycles. The Hall–Kier alpha value is -2.12. The van der Waals surface area contributed by atoms with E-state index in [0.29, 0.717) is 11.7 Å². The molecule has 0 unspecified atom stereocenters. The van der Waals surface area contributed by atoms with E-state index in [0.717, 1.165) is 4.68 Å². The van der Waals surface area contributed by atoms with Crippen LogP contribution < -0.4 is 11.5 Å². The van der Waals surface area contributed by atoms with E-state index in [1.165, 1.54) is 4.57 Å². The van der Waals surface area contributed by atoms with Crippen molar-refractivity contribution in [3.8, 4) is 0 Å². The standard InChI is InChI=1S/2C4H6N2O2.2C2H6.3CH4.H2/c1-3-5-6(2)4(7)8-3;1-3-5-8-4(7)6(3)2;2*1-2;;;;/h2*1-2H3;2*1-2H3;3*1H4;1H/i;;;;;;;1+1. The number of hydrogen-bond acceptors (Lipinski definition) is 6. The molecule has 8 heteroatoms. The van der Waals surface area contributed by atoms with Crippen LogP contribution in [0.3, 0.4) is 0 Å². The molecule has 2 heterocycles. The maximum Gasteiger partial charge on any atom is 0.441 e. The number of hydrogen-bond donors (Lipinski definition) is 0. The fourth-order valence-corrected chi connectivity index (χ4v) is 0.825. The molecule has 0 aromatic carbocycles. The molecule has 142 valence electrons. The summed E-state index contributed by atoms with van der Waals surface area (Å²) in [5.74, 6) is 0.164. The van der Waals surface area contributed by atoms with Crippen molar-refractivity contribution in [3.05, 3.63) is 32.8 Å². The lowest BCUT2D eigenvalue weighted by Gasteiger charge is -1.81. The fourth-order valence-electron chi connectivity index (χ4n) is 0.825. The molecule has 0 radical (unpaired) electrons. The molecule has 2 rings (SSSR count). The van der Waals surface area contributed by atoms with Crippen molar-refractivity contribution in [1.82, 2.24) is 19.5 Å². The summed E-state index contributed by atoms with van der Waals surface area (Å²) in [4.78, 5) is 20.7. The predicted molar refractivity (Wildman–Crippen MR) is 98.0 cm³/mol. The molecule has 0 amide bonds. The summed E-state index contributed by atoms with van der Waals surface area (Å²) in [6.07, 6.45) is 0. The van der Waals surface area contributed by atoms with Crippen molar-refractivity contribution < 1.29 is 10.4 Å². The van der Waals surface area contributed by atoms with Crippen LogP contribution in [0.4, 0.5) is 0 Å². The Bertz CT molecular complexity index is 583. The second-order valence-electron chi connectivity index (χ2n) is 3.07. The van der Waals surface area contributed by atoms with Gasteiger partial charge in [0.15, 0.2) is 5.82 Å². The molecule has 2 aromatic rings. The van der Waals surface area contributed by atoms with Gasteiger partial charge < -0.3 is 4.42 Å². The van der Waals surface area contributed by atoms with E-state index in [-0.39, 0.29) is 23.7 Å². The van der Waals surface area contributed by atoms with Gasteiger partial charge in [-0.05, 0) is 6.92 Å². The molecule has 8 nitrogen and oxygen atoms in total. The first-order chi connectivity index (χ1) is 9.41. The molecule has 0 fully saturated rings. The number of aromatic nitrogens is 4. The van der Waals surface area contributed by atoms with Gasteiger partial charge in [0, 0.05) is 22.4 Å². The van der Waals surface area contributed by atoms with E-state index < -0.39 is 11.5 Å². The van der Waals surface area contributed by atoms with Crippen molar-refractivity contribution in [2.24, 2.45) is 14.1 Å². The predicted octanol–water partition coefficient (Wildman–Crippen LogP) is 3.57. The molecule has 0 spiro atoms. The topological polar surface area (TPSA) is 96.1 Å². The van der Waals surface area contributed by atoms with E-state index >= 15 is 0 Å². The van der Waals surface area contributed by atoms with Crippen LogP contribution in [0.1, 0.15) is 63.1 Å². The monoisotopic (exact) mass is 339 g/mol. The maximum atomic E-state index is 10.4. The van der Waals surface area contributed by atoms with Crippen LogP contribution in [0.2, 0.25) is 0 Å². The van der Waals surface area contributed by atoms with Crippen LogP contribution in [-0.4, -0.2) is 19.5 Å². The SMILES string of the molecule is C.C.C.CC.CC.Cc1nn(C)c(=O)o1.Cc1noc(=O)n1C.[2HH]. The van der Waals surface area contributed by atoms with Crippen LogP contribution in [0.15, 0.2) is 18.5 Å². The van der Waals surface area contributed by atoms with E-state index in [2.05, 4.69) is 19.2 Å². The molecule has 0 N–H and O–H groups in total. The van der Waals surface area contributed by atoms with Crippen molar-refractivity contribution in [2.45, 2.75) is 63.8 Å². The Morgan fingerprint density at radius 1 is 0.913 bits per heavy atom. The van der Waals surface area contributed by atoms with Gasteiger partial charge >= 0.3 is 11.5 Å². The maximum absolute atomic E-state index is 10.4. The summed E-state index contributed by atoms with van der Waals surface area (Å²) >= 11 is 0. The van der Waals surface area contributed by atoms with E-state index in [4.69, 9.17) is 0 Å². The van der Waals surface area contributed by atoms with E-state index in [9.17, 15) is 9.59 Å². The van der Waals surface area contributed by atoms with Crippen LogP contribution >= 0.6 is 0 Å². The zero-order valence-electron chi connectivity index (χ0n) is 13.4. The Kier molecular flexibility index (Phi) is 25.5. The first-order valence-electron chi connectivity index (χ1n) is 6.42. The van der Waals surface area contributed by atoms with Crippen molar-refractivity contribution in [3.63, 3.8) is 0 Å². The number of nitrogens with zero attached hydrogens (tertiary/aromatic N) is 4. The summed E-state index contributed by atoms with van der Waals surface area (Å²) in [5.41, 5.74) is 0. The Morgan fingerprint density at radius 2 is 1.35 bits per heavy atom. The summed E-state index contributed by atoms with van der Waals surface area (Å²) < 4.78 is 11.2. The Morgan fingerprint density at radius 3 is 1.43 bits per heavy atom. The summed E-state index contributed by atoms with van der Waals surface area (Å²) in [6.45, 7) is 11.3. The lowest BCUT2D eigenvalue weighted by atomic mass is 10.7. The van der Waals surface area contributed by atoms with Gasteiger partial charge in [-0.2, -0.15) is 4.68 Å². The quantitative estimate of drug-likeness (QED) is 0.728. The fraction of sp³-hybridized carbons (Fsp3) is 0.733. The van der Waals surface area contributed by atoms with Gasteiger partial charge in [0.2, 0.25) is 5.89 Å². The molecular weight excluding hydrogens is 300 g/mol. The zero-order chi connectivity index (χ0) is 16.3. The highest BCUT2D eigenvalue weighted by Gasteiger charge is 1.96. The van der Waals surface area contributed by atoms with Crippen molar-refractivity contribution in [2.75, 3.05) is 0 Å². The van der Waals surface area contributed by atoms with Gasteiger partial charge in [0.1, 0.15) is 0 Å². The van der Waals surface area contributed by atoms with Crippen LogP contribution in [-0.2, 0) is 14.1 Å². The normalized spacial score (nSPS) is 7.30. The third-order valence-electron chi connectivity index (χ3n) is 1.81. The Balaban J connectivity index is -0.0000000491. The van der Waals surface area contributed by atoms with E-state index in [1.54, 1.807) is 27.9 Å². The molecule has 0 saturated heterocycles. The van der Waals surface area contributed by atoms with Crippen LogP contribution in [0.5, 0.6) is 0 Å². The highest BCUT2D eigenvalue weighted by Crippen LogP contribution is 1.80. The lowest BCUT2D eigenvalue weighted by Crippen LogP contribution is -2.09. The third kappa shape index (κ3) is 12.1. The molecule has 0 bridgehead atoms. The highest BCUT2D eigenvalue weighted by molar-refractivity contribution is 4.74. The van der Waals surface area contributed by atoms with Gasteiger partial charge in [-0.3, -0.25) is 9.09 Å². The molecule has 0 aliphatic rings. The van der Waals surface area contributed by atoms with E-state index in [1.807, 2.05) is 27.7 Å². The first kappa shape index (κ1) is 32.7. The molecule has 23 heavy (non-hydrogen) atoms. The summed E-state index contributed by atoms with van der Waals surface area (Å²) in [6, 6.07) is 0. The molecular formula is C15H38N4O4. The van der Waals surface area contributed by atoms with Gasteiger partial charge in [0.05, 0.1) is 0 Å². The van der Waals surface area contributed by atoms with Gasteiger partial charge in [-0.25, -0.2) is 9.59 Å². The summed E-state index contributed by atoms with van der Waals surface area (Å²) in [7, 11) is 3.15. The van der Waals surface area contributed by atoms with Crippen molar-refractivity contribution >= 4 is 0 Å². The molecule has 0 saturated carbocycles. The minimum absolute atomic E-state index is 0. The van der Waals surface area contributed by atoms with Crippen LogP contribution in [0.25, 0.3) is 0 Å². The largest absolute Gasteiger partial charge is 0.441 e. The Labute approximate surface area is 141 Å². The third-order valence-corrected chi connectivity index (χ3v) is 1.81. The highest BCUT2D eigenvalue weighted by atomic mass is 16.5. The second kappa shape index (κ2) is 17.9. The van der Waals surface area contributed by atoms with Crippen LogP contribution in [0, 0.1) is 13.8 Å². The van der Waals surface area contributed by atoms with Gasteiger partial charge in [-0.15, -0.1) is 5.10 Å². The second-order valence-corrected chi connectivity index (χ2v) is 3.07. The summed E-state index contributed by atoms with van der Waals surface area (Å²) in [5, 5.41) is 7.04.